The molecule has 1 aliphatic heterocycles. The first-order chi connectivity index (χ1) is 16.1. The predicted octanol–water partition coefficient (Wildman–Crippen LogP) is 4.33. The van der Waals surface area contributed by atoms with Crippen molar-refractivity contribution in [3.63, 3.8) is 0 Å². The number of halogens is 1. The molecule has 0 saturated carbocycles. The number of benzene rings is 1. The summed E-state index contributed by atoms with van der Waals surface area (Å²) in [5.74, 6) is 0.754. The van der Waals surface area contributed by atoms with Crippen LogP contribution in [0.1, 0.15) is 41.4 Å². The predicted molar refractivity (Wildman–Crippen MR) is 126 cm³/mol. The lowest BCUT2D eigenvalue weighted by molar-refractivity contribution is 0.0606. The van der Waals surface area contributed by atoms with Crippen molar-refractivity contribution in [2.45, 2.75) is 25.3 Å². The molecule has 1 saturated heterocycles. The molecule has 166 valence electrons. The zero-order valence-electron chi connectivity index (χ0n) is 17.8. The van der Waals surface area contributed by atoms with Crippen molar-refractivity contribution < 1.29 is 4.79 Å². The van der Waals surface area contributed by atoms with E-state index in [1.54, 1.807) is 35.4 Å². The number of piperidine rings is 1. The molecule has 8 nitrogen and oxygen atoms in total. The molecule has 1 atom stereocenters. The molecule has 9 heteroatoms. The quantitative estimate of drug-likeness (QED) is 0.487. The number of hydrogen-bond acceptors (Lipinski definition) is 6. The molecule has 4 aromatic rings. The van der Waals surface area contributed by atoms with Gasteiger partial charge in [0.25, 0.3) is 5.91 Å². The van der Waals surface area contributed by atoms with Crippen LogP contribution in [0.15, 0.2) is 67.3 Å². The van der Waals surface area contributed by atoms with Crippen LogP contribution in [0.25, 0.3) is 16.9 Å². The number of pyridine rings is 1. The first-order valence-corrected chi connectivity index (χ1v) is 11.1. The third kappa shape index (κ3) is 4.29. The molecule has 4 heterocycles. The van der Waals surface area contributed by atoms with Crippen LogP contribution in [0.3, 0.4) is 0 Å². The van der Waals surface area contributed by atoms with Crippen LogP contribution in [-0.2, 0) is 0 Å². The molecule has 0 bridgehead atoms. The van der Waals surface area contributed by atoms with E-state index in [1.807, 2.05) is 41.4 Å². The third-order valence-electron chi connectivity index (χ3n) is 5.81. The lowest BCUT2D eigenvalue weighted by atomic mass is 9.93. The summed E-state index contributed by atoms with van der Waals surface area (Å²) in [4.78, 5) is 28.6. The zero-order valence-corrected chi connectivity index (χ0v) is 18.6. The summed E-state index contributed by atoms with van der Waals surface area (Å²) in [6, 6.07) is 12.7. The van der Waals surface area contributed by atoms with E-state index in [0.717, 1.165) is 36.1 Å². The molecule has 0 unspecified atom stereocenters. The second-order valence-corrected chi connectivity index (χ2v) is 8.34. The van der Waals surface area contributed by atoms with E-state index in [0.29, 0.717) is 22.9 Å². The van der Waals surface area contributed by atoms with Crippen LogP contribution >= 0.6 is 11.6 Å². The molecule has 3 aromatic heterocycles. The highest BCUT2D eigenvalue weighted by Crippen LogP contribution is 2.37. The van der Waals surface area contributed by atoms with Gasteiger partial charge in [0, 0.05) is 41.9 Å². The topological polar surface area (TPSA) is 103 Å². The molecule has 1 aromatic carbocycles. The molecule has 0 radical (unpaired) electrons. The van der Waals surface area contributed by atoms with Gasteiger partial charge in [-0.1, -0.05) is 23.7 Å². The molecule has 2 N–H and O–H groups in total. The number of nitrogens with zero attached hydrogens (tertiary/aromatic N) is 6. The Labute approximate surface area is 196 Å². The fourth-order valence-corrected chi connectivity index (χ4v) is 4.32. The SMILES string of the molecule is Nc1ncc(-c2ccc(Cl)cc2)c([C@H]2CCCCN2C(=O)c2ccc(-n3cccn3)nc2)n1. The second-order valence-electron chi connectivity index (χ2n) is 7.90. The van der Waals surface area contributed by atoms with E-state index in [4.69, 9.17) is 17.3 Å². The Kier molecular flexibility index (Phi) is 5.75. The number of rotatable bonds is 4. The number of aromatic nitrogens is 5. The van der Waals surface area contributed by atoms with Crippen molar-refractivity contribution in [1.82, 2.24) is 29.6 Å². The largest absolute Gasteiger partial charge is 0.368 e. The number of amides is 1. The third-order valence-corrected chi connectivity index (χ3v) is 6.06. The van der Waals surface area contributed by atoms with E-state index in [2.05, 4.69) is 20.1 Å². The lowest BCUT2D eigenvalue weighted by Gasteiger charge is -2.36. The molecule has 5 rings (SSSR count). The van der Waals surface area contributed by atoms with Crippen LogP contribution < -0.4 is 5.73 Å². The number of carbonyl (C=O) groups excluding carboxylic acids is 1. The van der Waals surface area contributed by atoms with E-state index >= 15 is 0 Å². The van der Waals surface area contributed by atoms with Gasteiger partial charge in [-0.25, -0.2) is 19.6 Å². The number of nitrogens with two attached hydrogens (primary N) is 1. The Morgan fingerprint density at radius 1 is 1.06 bits per heavy atom. The summed E-state index contributed by atoms with van der Waals surface area (Å²) in [6.07, 6.45) is 9.53. The Hall–Kier alpha value is -3.78. The number of carbonyl (C=O) groups is 1. The summed E-state index contributed by atoms with van der Waals surface area (Å²) in [5, 5.41) is 4.83. The minimum atomic E-state index is -0.215. The maximum atomic E-state index is 13.5. The normalized spacial score (nSPS) is 16.0. The van der Waals surface area contributed by atoms with E-state index in [9.17, 15) is 4.79 Å². The van der Waals surface area contributed by atoms with Gasteiger partial charge in [0.15, 0.2) is 5.82 Å². The van der Waals surface area contributed by atoms with Gasteiger partial charge in [0.05, 0.1) is 17.3 Å². The fraction of sp³-hybridized carbons (Fsp3) is 0.208. The van der Waals surface area contributed by atoms with Gasteiger partial charge in [0.1, 0.15) is 0 Å². The molecule has 1 fully saturated rings. The Balaban J connectivity index is 1.49. The first-order valence-electron chi connectivity index (χ1n) is 10.8. The van der Waals surface area contributed by atoms with Crippen LogP contribution in [-0.4, -0.2) is 42.1 Å². The van der Waals surface area contributed by atoms with Crippen molar-refractivity contribution in [3.8, 4) is 16.9 Å². The van der Waals surface area contributed by atoms with Crippen molar-refractivity contribution in [2.75, 3.05) is 12.3 Å². The van der Waals surface area contributed by atoms with Gasteiger partial charge in [-0.2, -0.15) is 5.10 Å². The summed E-state index contributed by atoms with van der Waals surface area (Å²) in [5.41, 5.74) is 9.01. The highest BCUT2D eigenvalue weighted by molar-refractivity contribution is 6.30. The molecular formula is C24H22ClN7O. The Bertz CT molecular complexity index is 1260. The maximum Gasteiger partial charge on any atom is 0.255 e. The summed E-state index contributed by atoms with van der Waals surface area (Å²) < 4.78 is 1.65. The van der Waals surface area contributed by atoms with Crippen LogP contribution in [0.2, 0.25) is 5.02 Å². The molecular weight excluding hydrogens is 438 g/mol. The van der Waals surface area contributed by atoms with E-state index in [1.165, 1.54) is 0 Å². The molecule has 0 aliphatic carbocycles. The maximum absolute atomic E-state index is 13.5. The van der Waals surface area contributed by atoms with Gasteiger partial charge in [-0.05, 0) is 55.2 Å². The second kappa shape index (κ2) is 8.99. The summed E-state index contributed by atoms with van der Waals surface area (Å²) in [7, 11) is 0. The van der Waals surface area contributed by atoms with Crippen molar-refractivity contribution in [2.24, 2.45) is 0 Å². The van der Waals surface area contributed by atoms with E-state index in [-0.39, 0.29) is 17.9 Å². The van der Waals surface area contributed by atoms with Gasteiger partial charge in [-0.3, -0.25) is 4.79 Å². The van der Waals surface area contributed by atoms with Gasteiger partial charge >= 0.3 is 0 Å². The summed E-state index contributed by atoms with van der Waals surface area (Å²) in [6.45, 7) is 0.633. The Morgan fingerprint density at radius 3 is 2.64 bits per heavy atom. The number of nitrogen functional groups attached to an aromatic ring is 1. The highest BCUT2D eigenvalue weighted by atomic mass is 35.5. The van der Waals surface area contributed by atoms with Crippen molar-refractivity contribution >= 4 is 23.5 Å². The van der Waals surface area contributed by atoms with Gasteiger partial charge < -0.3 is 10.6 Å². The minimum Gasteiger partial charge on any atom is -0.368 e. The van der Waals surface area contributed by atoms with Gasteiger partial charge in [0.2, 0.25) is 5.95 Å². The minimum absolute atomic E-state index is 0.0848. The number of hydrogen-bond donors (Lipinski definition) is 1. The van der Waals surface area contributed by atoms with Crippen LogP contribution in [0, 0.1) is 0 Å². The monoisotopic (exact) mass is 459 g/mol. The van der Waals surface area contributed by atoms with Crippen molar-refractivity contribution in [1.29, 1.82) is 0 Å². The fourth-order valence-electron chi connectivity index (χ4n) is 4.19. The molecule has 0 spiro atoms. The lowest BCUT2D eigenvalue weighted by Crippen LogP contribution is -2.39. The van der Waals surface area contributed by atoms with Crippen molar-refractivity contribution in [3.05, 3.63) is 83.5 Å². The first kappa shape index (κ1) is 21.1. The average molecular weight is 460 g/mol. The van der Waals surface area contributed by atoms with Crippen LogP contribution in [0.4, 0.5) is 5.95 Å². The highest BCUT2D eigenvalue weighted by Gasteiger charge is 2.32. The number of anilines is 1. The van der Waals surface area contributed by atoms with Crippen LogP contribution in [0.5, 0.6) is 0 Å². The number of likely N-dealkylation sites (tertiary alicyclic amines) is 1. The standard InChI is InChI=1S/C24H22ClN7O/c25-18-8-5-16(6-9-18)19-15-28-24(26)30-22(19)20-4-1-2-12-31(20)23(33)17-7-10-21(27-14-17)32-13-3-11-29-32/h3,5-11,13-15,20H,1-2,4,12H2,(H2,26,28,30)/t20-/m1/s1. The smallest absolute Gasteiger partial charge is 0.255 e. The Morgan fingerprint density at radius 2 is 1.91 bits per heavy atom. The van der Waals surface area contributed by atoms with E-state index < -0.39 is 0 Å². The molecule has 33 heavy (non-hydrogen) atoms. The van der Waals surface area contributed by atoms with Gasteiger partial charge in [-0.15, -0.1) is 0 Å². The molecule has 1 aliphatic rings. The molecule has 1 amide bonds. The average Bonchev–Trinajstić information content (AvgIpc) is 3.39. The summed E-state index contributed by atoms with van der Waals surface area (Å²) >= 11 is 6.07. The zero-order chi connectivity index (χ0) is 22.8.